The number of halogens is 3. The second kappa shape index (κ2) is 5.32. The molecule has 1 unspecified atom stereocenters. The van der Waals surface area contributed by atoms with Gasteiger partial charge in [0, 0.05) is 6.54 Å². The van der Waals surface area contributed by atoms with Crippen molar-refractivity contribution in [2.45, 2.75) is 19.2 Å². The van der Waals surface area contributed by atoms with Crippen molar-refractivity contribution in [3.05, 3.63) is 29.3 Å². The van der Waals surface area contributed by atoms with Crippen LogP contribution in [0.1, 0.15) is 15.9 Å². The van der Waals surface area contributed by atoms with E-state index in [4.69, 9.17) is 0 Å². The largest absolute Gasteiger partial charge is 0.507 e. The van der Waals surface area contributed by atoms with Crippen LogP contribution >= 0.6 is 0 Å². The summed E-state index contributed by atoms with van der Waals surface area (Å²) < 4.78 is 42.4. The molecule has 7 heteroatoms. The zero-order chi connectivity index (χ0) is 14.9. The van der Waals surface area contributed by atoms with Gasteiger partial charge in [0.05, 0.1) is 18.7 Å². The minimum absolute atomic E-state index is 0.00146. The minimum Gasteiger partial charge on any atom is -0.507 e. The first-order valence-corrected chi connectivity index (χ1v) is 6.06. The fraction of sp³-hybridized carbons (Fsp3) is 0.462. The lowest BCUT2D eigenvalue weighted by Gasteiger charge is -2.33. The van der Waals surface area contributed by atoms with Gasteiger partial charge < -0.3 is 14.7 Å². The summed E-state index contributed by atoms with van der Waals surface area (Å²) in [6.45, 7) is 1.07. The Labute approximate surface area is 113 Å². The summed E-state index contributed by atoms with van der Waals surface area (Å²) in [7, 11) is 0. The zero-order valence-corrected chi connectivity index (χ0v) is 10.8. The van der Waals surface area contributed by atoms with E-state index in [0.29, 0.717) is 0 Å². The molecule has 1 aromatic rings. The maximum atomic E-state index is 12.6. The van der Waals surface area contributed by atoms with Gasteiger partial charge in [-0.15, -0.1) is 0 Å². The van der Waals surface area contributed by atoms with Gasteiger partial charge in [-0.05, 0) is 24.6 Å². The molecule has 0 aliphatic carbocycles. The van der Waals surface area contributed by atoms with Gasteiger partial charge in [0.1, 0.15) is 5.75 Å². The summed E-state index contributed by atoms with van der Waals surface area (Å²) in [5.41, 5.74) is 0.757. The lowest BCUT2D eigenvalue weighted by atomic mass is 10.1. The number of hydrogen-bond acceptors (Lipinski definition) is 3. The van der Waals surface area contributed by atoms with E-state index in [1.807, 2.05) is 0 Å². The Morgan fingerprint density at radius 1 is 1.45 bits per heavy atom. The molecule has 0 bridgehead atoms. The number of morpholine rings is 1. The van der Waals surface area contributed by atoms with Crippen LogP contribution in [0.15, 0.2) is 18.2 Å². The van der Waals surface area contributed by atoms with Gasteiger partial charge in [0.25, 0.3) is 5.91 Å². The second-order valence-electron chi connectivity index (χ2n) is 4.67. The van der Waals surface area contributed by atoms with Gasteiger partial charge in [0.2, 0.25) is 0 Å². The monoisotopic (exact) mass is 289 g/mol. The summed E-state index contributed by atoms with van der Waals surface area (Å²) in [4.78, 5) is 13.2. The van der Waals surface area contributed by atoms with Crippen LogP contribution in [0.4, 0.5) is 13.2 Å². The number of aromatic hydroxyl groups is 1. The molecule has 2 rings (SSSR count). The number of phenolic OH excluding ortho intramolecular Hbond substituents is 1. The van der Waals surface area contributed by atoms with Gasteiger partial charge in [-0.25, -0.2) is 0 Å². The van der Waals surface area contributed by atoms with Crippen molar-refractivity contribution in [3.8, 4) is 5.75 Å². The maximum Gasteiger partial charge on any atom is 0.416 e. The lowest BCUT2D eigenvalue weighted by molar-refractivity contribution is -0.233. The van der Waals surface area contributed by atoms with Crippen molar-refractivity contribution < 1.29 is 27.8 Å². The standard InChI is InChI=1S/C13H14F3NO3/c1-8-2-3-9(10(18)6-8)12(19)17-4-5-20-11(7-17)13(14,15)16/h2-3,6,11,18H,4-5,7H2,1H3. The molecule has 1 aliphatic heterocycles. The van der Waals surface area contributed by atoms with E-state index >= 15 is 0 Å². The fourth-order valence-corrected chi connectivity index (χ4v) is 2.02. The number of rotatable bonds is 1. The average molecular weight is 289 g/mol. The molecule has 0 saturated carbocycles. The van der Waals surface area contributed by atoms with Crippen LogP contribution in [0.3, 0.4) is 0 Å². The highest BCUT2D eigenvalue weighted by atomic mass is 19.4. The van der Waals surface area contributed by atoms with Crippen molar-refractivity contribution in [1.82, 2.24) is 4.90 Å². The van der Waals surface area contributed by atoms with Gasteiger partial charge in [-0.2, -0.15) is 13.2 Å². The Kier molecular flexibility index (Phi) is 3.89. The van der Waals surface area contributed by atoms with Gasteiger partial charge in [-0.3, -0.25) is 4.79 Å². The summed E-state index contributed by atoms with van der Waals surface area (Å²) in [6, 6.07) is 4.43. The van der Waals surface area contributed by atoms with Crippen molar-refractivity contribution >= 4 is 5.91 Å². The number of nitrogens with zero attached hydrogens (tertiary/aromatic N) is 1. The van der Waals surface area contributed by atoms with Crippen molar-refractivity contribution in [1.29, 1.82) is 0 Å². The number of hydrogen-bond donors (Lipinski definition) is 1. The van der Waals surface area contributed by atoms with Gasteiger partial charge in [-0.1, -0.05) is 6.07 Å². The van der Waals surface area contributed by atoms with E-state index in [-0.39, 0.29) is 24.5 Å². The first-order chi connectivity index (χ1) is 9.29. The predicted molar refractivity (Wildman–Crippen MR) is 64.5 cm³/mol. The van der Waals surface area contributed by atoms with Crippen molar-refractivity contribution in [2.24, 2.45) is 0 Å². The molecule has 1 atom stereocenters. The van der Waals surface area contributed by atoms with Gasteiger partial charge in [0.15, 0.2) is 6.10 Å². The third-order valence-electron chi connectivity index (χ3n) is 3.10. The molecular weight excluding hydrogens is 275 g/mol. The van der Waals surface area contributed by atoms with E-state index in [1.54, 1.807) is 13.0 Å². The Morgan fingerprint density at radius 2 is 2.15 bits per heavy atom. The Hall–Kier alpha value is -1.76. The van der Waals surface area contributed by atoms with Crippen LogP contribution in [-0.2, 0) is 4.74 Å². The molecule has 20 heavy (non-hydrogen) atoms. The molecule has 1 aliphatic rings. The normalized spacial score (nSPS) is 20.0. The third kappa shape index (κ3) is 3.04. The predicted octanol–water partition coefficient (Wildman–Crippen LogP) is 2.10. The topological polar surface area (TPSA) is 49.8 Å². The van der Waals surface area contributed by atoms with E-state index in [1.165, 1.54) is 12.1 Å². The number of amides is 1. The molecule has 1 aromatic carbocycles. The molecule has 0 aromatic heterocycles. The smallest absolute Gasteiger partial charge is 0.416 e. The number of ether oxygens (including phenoxy) is 1. The number of benzene rings is 1. The Morgan fingerprint density at radius 3 is 2.75 bits per heavy atom. The first-order valence-electron chi connectivity index (χ1n) is 6.06. The van der Waals surface area contributed by atoms with E-state index in [9.17, 15) is 23.1 Å². The number of alkyl halides is 3. The van der Waals surface area contributed by atoms with Crippen LogP contribution in [0.2, 0.25) is 0 Å². The highest BCUT2D eigenvalue weighted by Gasteiger charge is 2.44. The lowest BCUT2D eigenvalue weighted by Crippen LogP contribution is -2.51. The molecule has 1 saturated heterocycles. The van der Waals surface area contributed by atoms with Gasteiger partial charge >= 0.3 is 6.18 Å². The molecule has 1 N–H and O–H groups in total. The van der Waals surface area contributed by atoms with E-state index in [2.05, 4.69) is 4.74 Å². The molecule has 4 nitrogen and oxygen atoms in total. The maximum absolute atomic E-state index is 12.6. The van der Waals surface area contributed by atoms with E-state index < -0.39 is 24.7 Å². The highest BCUT2D eigenvalue weighted by molar-refractivity contribution is 5.97. The summed E-state index contributed by atoms with van der Waals surface area (Å²) in [5.74, 6) is -0.856. The van der Waals surface area contributed by atoms with Crippen LogP contribution in [0.5, 0.6) is 5.75 Å². The summed E-state index contributed by atoms with van der Waals surface area (Å²) >= 11 is 0. The second-order valence-corrected chi connectivity index (χ2v) is 4.67. The number of carbonyl (C=O) groups is 1. The first kappa shape index (κ1) is 14.6. The zero-order valence-electron chi connectivity index (χ0n) is 10.8. The third-order valence-corrected chi connectivity index (χ3v) is 3.10. The highest BCUT2D eigenvalue weighted by Crippen LogP contribution is 2.27. The molecule has 1 heterocycles. The minimum atomic E-state index is -4.51. The van der Waals surface area contributed by atoms with Crippen LogP contribution in [-0.4, -0.2) is 47.9 Å². The fourth-order valence-electron chi connectivity index (χ4n) is 2.02. The van der Waals surface area contributed by atoms with Crippen LogP contribution in [0.25, 0.3) is 0 Å². The average Bonchev–Trinajstić information content (AvgIpc) is 2.37. The molecule has 110 valence electrons. The molecule has 0 radical (unpaired) electrons. The summed E-state index contributed by atoms with van der Waals surface area (Å²) in [6.07, 6.45) is -6.48. The number of phenols is 1. The SMILES string of the molecule is Cc1ccc(C(=O)N2CCOC(C(F)(F)F)C2)c(O)c1. The molecule has 1 amide bonds. The number of aryl methyl sites for hydroxylation is 1. The van der Waals surface area contributed by atoms with Crippen LogP contribution < -0.4 is 0 Å². The Balaban J connectivity index is 2.16. The van der Waals surface area contributed by atoms with Crippen molar-refractivity contribution in [3.63, 3.8) is 0 Å². The molecule has 1 fully saturated rings. The number of carbonyl (C=O) groups excluding carboxylic acids is 1. The molecule has 0 spiro atoms. The molecular formula is C13H14F3NO3. The Bertz CT molecular complexity index is 516. The summed E-state index contributed by atoms with van der Waals surface area (Å²) in [5, 5.41) is 9.72. The van der Waals surface area contributed by atoms with Crippen molar-refractivity contribution in [2.75, 3.05) is 19.7 Å². The van der Waals surface area contributed by atoms with E-state index in [0.717, 1.165) is 10.5 Å². The quantitative estimate of drug-likeness (QED) is 0.861. The van der Waals surface area contributed by atoms with Crippen LogP contribution in [0, 0.1) is 6.92 Å².